The van der Waals surface area contributed by atoms with Crippen LogP contribution in [0.25, 0.3) is 16.5 Å². The van der Waals surface area contributed by atoms with Gasteiger partial charge in [0.25, 0.3) is 0 Å². The summed E-state index contributed by atoms with van der Waals surface area (Å²) in [6.45, 7) is 3.53. The molecule has 0 atom stereocenters. The molecule has 0 amide bonds. The monoisotopic (exact) mass is 386 g/mol. The number of H-pyrrole nitrogens is 1. The van der Waals surface area contributed by atoms with E-state index in [1.807, 2.05) is 12.1 Å². The van der Waals surface area contributed by atoms with Gasteiger partial charge in [0.1, 0.15) is 5.75 Å². The first-order chi connectivity index (χ1) is 14.3. The number of fused-ring (bicyclic) bond motifs is 3. The van der Waals surface area contributed by atoms with Crippen molar-refractivity contribution in [2.24, 2.45) is 0 Å². The number of aryl methyl sites for hydroxylation is 2. The van der Waals surface area contributed by atoms with E-state index in [-0.39, 0.29) is 0 Å². The number of aromatic amines is 1. The average Bonchev–Trinajstić information content (AvgIpc) is 3.04. The van der Waals surface area contributed by atoms with Gasteiger partial charge in [0.2, 0.25) is 0 Å². The third-order valence-corrected chi connectivity index (χ3v) is 6.71. The lowest BCUT2D eigenvalue weighted by atomic mass is 9.91. The fourth-order valence-electron chi connectivity index (χ4n) is 5.19. The number of unbranched alkanes of at least 4 members (excludes halogenated alkanes) is 1. The van der Waals surface area contributed by atoms with Crippen molar-refractivity contribution in [1.29, 1.82) is 0 Å². The summed E-state index contributed by atoms with van der Waals surface area (Å²) in [5.74, 6) is 0.348. The summed E-state index contributed by atoms with van der Waals surface area (Å²) in [6, 6.07) is 14.6. The first kappa shape index (κ1) is 18.5. The lowest BCUT2D eigenvalue weighted by Crippen LogP contribution is -2.32. The maximum Gasteiger partial charge on any atom is 0.116 e. The minimum Gasteiger partial charge on any atom is -0.508 e. The average molecular weight is 387 g/mol. The van der Waals surface area contributed by atoms with E-state index < -0.39 is 0 Å². The second-order valence-electron chi connectivity index (χ2n) is 8.62. The molecule has 0 radical (unpaired) electrons. The minimum atomic E-state index is 0.348. The molecule has 2 aromatic carbocycles. The summed E-state index contributed by atoms with van der Waals surface area (Å²) in [5.41, 5.74) is 8.85. The third-order valence-electron chi connectivity index (χ3n) is 6.71. The quantitative estimate of drug-likeness (QED) is 0.553. The molecule has 150 valence electrons. The van der Waals surface area contributed by atoms with E-state index in [9.17, 15) is 5.11 Å². The van der Waals surface area contributed by atoms with Crippen LogP contribution in [0.15, 0.2) is 54.2 Å². The van der Waals surface area contributed by atoms with Crippen molar-refractivity contribution in [3.63, 3.8) is 0 Å². The summed E-state index contributed by atoms with van der Waals surface area (Å²) in [4.78, 5) is 5.98. The number of aromatic nitrogens is 1. The molecule has 1 aliphatic heterocycles. The fourth-order valence-corrected chi connectivity index (χ4v) is 5.19. The minimum absolute atomic E-state index is 0.348. The maximum atomic E-state index is 9.77. The highest BCUT2D eigenvalue weighted by Gasteiger charge is 2.23. The van der Waals surface area contributed by atoms with E-state index in [1.165, 1.54) is 62.7 Å². The third kappa shape index (κ3) is 3.84. The summed E-state index contributed by atoms with van der Waals surface area (Å²) >= 11 is 0. The molecule has 2 N–H and O–H groups in total. The van der Waals surface area contributed by atoms with Crippen molar-refractivity contribution in [1.82, 2.24) is 9.88 Å². The highest BCUT2D eigenvalue weighted by molar-refractivity contribution is 5.84. The normalized spacial score (nSPS) is 17.2. The van der Waals surface area contributed by atoms with Crippen LogP contribution in [0.3, 0.4) is 0 Å². The van der Waals surface area contributed by atoms with Gasteiger partial charge in [-0.2, -0.15) is 0 Å². The number of rotatable bonds is 5. The van der Waals surface area contributed by atoms with Crippen LogP contribution in [0, 0.1) is 0 Å². The zero-order valence-corrected chi connectivity index (χ0v) is 17.1. The molecule has 29 heavy (non-hydrogen) atoms. The summed E-state index contributed by atoms with van der Waals surface area (Å²) in [7, 11) is 0. The number of hydrogen-bond donors (Lipinski definition) is 2. The van der Waals surface area contributed by atoms with Gasteiger partial charge in [0, 0.05) is 30.2 Å². The molecule has 3 heteroatoms. The van der Waals surface area contributed by atoms with Crippen molar-refractivity contribution in [3.05, 3.63) is 70.9 Å². The van der Waals surface area contributed by atoms with E-state index in [0.29, 0.717) is 5.75 Å². The standard InChI is InChI=1S/C26H30N2O/c29-22-11-12-26-25(16-22)20(17-27-26)7-3-4-14-28-15-13-24-21(18-28)9-5-8-19-6-1-2-10-23(19)24/h1-2,6,10-12,16-17,27,29H,3-5,7-9,13-15,18H2. The SMILES string of the molecule is Oc1ccc2[nH]cc(CCCCN3CCC4=C(CCCc5ccccc54)C3)c2c1. The molecule has 2 aliphatic rings. The molecular weight excluding hydrogens is 356 g/mol. The van der Waals surface area contributed by atoms with Gasteiger partial charge >= 0.3 is 0 Å². The molecule has 3 aromatic rings. The number of aromatic hydroxyl groups is 1. The van der Waals surface area contributed by atoms with Crippen LogP contribution in [-0.2, 0) is 12.8 Å². The van der Waals surface area contributed by atoms with Crippen molar-refractivity contribution in [2.45, 2.75) is 44.9 Å². The topological polar surface area (TPSA) is 39.3 Å². The van der Waals surface area contributed by atoms with E-state index >= 15 is 0 Å². The van der Waals surface area contributed by atoms with Gasteiger partial charge in [-0.25, -0.2) is 0 Å². The highest BCUT2D eigenvalue weighted by Crippen LogP contribution is 2.35. The number of nitrogens with one attached hydrogen (secondary N) is 1. The first-order valence-corrected chi connectivity index (χ1v) is 11.1. The number of nitrogens with zero attached hydrogens (tertiary/aromatic N) is 1. The smallest absolute Gasteiger partial charge is 0.116 e. The molecule has 5 rings (SSSR count). The summed E-state index contributed by atoms with van der Waals surface area (Å²) in [5, 5.41) is 10.9. The Labute approximate surface area is 173 Å². The molecule has 3 nitrogen and oxygen atoms in total. The van der Waals surface area contributed by atoms with Crippen LogP contribution in [0.2, 0.25) is 0 Å². The molecule has 0 saturated carbocycles. The second-order valence-corrected chi connectivity index (χ2v) is 8.62. The van der Waals surface area contributed by atoms with Gasteiger partial charge in [-0.1, -0.05) is 29.8 Å². The van der Waals surface area contributed by atoms with E-state index in [1.54, 1.807) is 22.8 Å². The molecular formula is C26H30N2O. The largest absolute Gasteiger partial charge is 0.508 e. The van der Waals surface area contributed by atoms with Crippen molar-refractivity contribution < 1.29 is 5.11 Å². The van der Waals surface area contributed by atoms with Crippen LogP contribution in [0.5, 0.6) is 5.75 Å². The Morgan fingerprint density at radius 2 is 1.93 bits per heavy atom. The van der Waals surface area contributed by atoms with Crippen molar-refractivity contribution >= 4 is 16.5 Å². The van der Waals surface area contributed by atoms with Gasteiger partial charge in [-0.15, -0.1) is 0 Å². The fraction of sp³-hybridized carbons (Fsp3) is 0.385. The first-order valence-electron chi connectivity index (χ1n) is 11.1. The van der Waals surface area contributed by atoms with E-state index in [2.05, 4.69) is 40.3 Å². The van der Waals surface area contributed by atoms with E-state index in [0.717, 1.165) is 23.9 Å². The zero-order chi connectivity index (χ0) is 19.6. The Hall–Kier alpha value is -2.52. The number of phenolic OH excluding ortho intramolecular Hbond substituents is 1. The van der Waals surface area contributed by atoms with Crippen LogP contribution in [0.4, 0.5) is 0 Å². The molecule has 2 heterocycles. The van der Waals surface area contributed by atoms with Crippen molar-refractivity contribution in [3.8, 4) is 5.75 Å². The van der Waals surface area contributed by atoms with Gasteiger partial charge in [0.15, 0.2) is 0 Å². The number of benzene rings is 2. The predicted octanol–water partition coefficient (Wildman–Crippen LogP) is 5.69. The molecule has 1 aliphatic carbocycles. The Morgan fingerprint density at radius 3 is 2.90 bits per heavy atom. The number of phenols is 1. The molecule has 0 bridgehead atoms. The number of hydrogen-bond acceptors (Lipinski definition) is 2. The lowest BCUT2D eigenvalue weighted by Gasteiger charge is -2.31. The van der Waals surface area contributed by atoms with Gasteiger partial charge < -0.3 is 10.1 Å². The van der Waals surface area contributed by atoms with Crippen LogP contribution in [-0.4, -0.2) is 34.6 Å². The Bertz CT molecular complexity index is 1050. The van der Waals surface area contributed by atoms with Crippen LogP contribution >= 0.6 is 0 Å². The van der Waals surface area contributed by atoms with Gasteiger partial charge in [0.05, 0.1) is 0 Å². The highest BCUT2D eigenvalue weighted by atomic mass is 16.3. The van der Waals surface area contributed by atoms with Gasteiger partial charge in [-0.05, 0) is 92.0 Å². The molecule has 0 saturated heterocycles. The second kappa shape index (κ2) is 8.08. The van der Waals surface area contributed by atoms with Crippen molar-refractivity contribution in [2.75, 3.05) is 19.6 Å². The summed E-state index contributed by atoms with van der Waals surface area (Å²) < 4.78 is 0. The van der Waals surface area contributed by atoms with Crippen LogP contribution in [0.1, 0.15) is 48.8 Å². The zero-order valence-electron chi connectivity index (χ0n) is 17.1. The van der Waals surface area contributed by atoms with Crippen LogP contribution < -0.4 is 0 Å². The molecule has 0 unspecified atom stereocenters. The Kier molecular flexibility index (Phi) is 5.15. The summed E-state index contributed by atoms with van der Waals surface area (Å²) in [6.07, 6.45) is 10.6. The predicted molar refractivity (Wildman–Crippen MR) is 120 cm³/mol. The Balaban J connectivity index is 1.18. The molecule has 0 spiro atoms. The Morgan fingerprint density at radius 1 is 1.00 bits per heavy atom. The van der Waals surface area contributed by atoms with E-state index in [4.69, 9.17) is 0 Å². The molecule has 0 fully saturated rings. The lowest BCUT2D eigenvalue weighted by molar-refractivity contribution is 0.284. The van der Waals surface area contributed by atoms with Gasteiger partial charge in [-0.3, -0.25) is 4.90 Å². The maximum absolute atomic E-state index is 9.77. The molecule has 1 aromatic heterocycles.